The summed E-state index contributed by atoms with van der Waals surface area (Å²) in [5.41, 5.74) is 1.07. The van der Waals surface area contributed by atoms with E-state index in [-0.39, 0.29) is 0 Å². The van der Waals surface area contributed by atoms with E-state index in [9.17, 15) is 0 Å². The second kappa shape index (κ2) is 6.98. The predicted molar refractivity (Wildman–Crippen MR) is 81.7 cm³/mol. The molecule has 0 fully saturated rings. The van der Waals surface area contributed by atoms with Gasteiger partial charge in [-0.05, 0) is 31.5 Å². The van der Waals surface area contributed by atoms with Crippen LogP contribution in [0.15, 0.2) is 24.3 Å². The Bertz CT molecular complexity index is 510. The molecule has 0 saturated carbocycles. The predicted octanol–water partition coefficient (Wildman–Crippen LogP) is 4.31. The summed E-state index contributed by atoms with van der Waals surface area (Å²) in [6, 6.07) is 8.02. The zero-order valence-electron chi connectivity index (χ0n) is 11.2. The fourth-order valence-corrected chi connectivity index (χ4v) is 2.94. The number of hydrogen-bond donors (Lipinski definition) is 1. The fourth-order valence-electron chi connectivity index (χ4n) is 1.81. The molecule has 1 aromatic heterocycles. The molecule has 0 spiro atoms. The van der Waals surface area contributed by atoms with Crippen molar-refractivity contribution in [3.63, 3.8) is 0 Å². The minimum absolute atomic E-state index is 0.304. The number of benzene rings is 1. The molecule has 0 amide bonds. The van der Waals surface area contributed by atoms with Crippen LogP contribution < -0.4 is 5.32 Å². The summed E-state index contributed by atoms with van der Waals surface area (Å²) in [4.78, 5) is 0. The summed E-state index contributed by atoms with van der Waals surface area (Å²) in [7, 11) is 0. The molecule has 0 bridgehead atoms. The molecule has 1 heterocycles. The molecule has 0 aliphatic carbocycles. The van der Waals surface area contributed by atoms with Gasteiger partial charge in [-0.3, -0.25) is 0 Å². The number of halogens is 1. The SMILES string of the molecule is CCCNC(CC)c1nnc(-c2ccc(Cl)cc2)s1. The summed E-state index contributed by atoms with van der Waals surface area (Å²) < 4.78 is 0. The van der Waals surface area contributed by atoms with Gasteiger partial charge < -0.3 is 5.32 Å². The lowest BCUT2D eigenvalue weighted by Gasteiger charge is -2.12. The van der Waals surface area contributed by atoms with Crippen LogP contribution in [-0.2, 0) is 0 Å². The summed E-state index contributed by atoms with van der Waals surface area (Å²) in [5, 5.41) is 14.8. The van der Waals surface area contributed by atoms with Gasteiger partial charge in [0.05, 0.1) is 6.04 Å². The van der Waals surface area contributed by atoms with Gasteiger partial charge in [0.1, 0.15) is 10.0 Å². The Labute approximate surface area is 123 Å². The highest BCUT2D eigenvalue weighted by molar-refractivity contribution is 7.14. The molecule has 3 nitrogen and oxygen atoms in total. The van der Waals surface area contributed by atoms with Crippen molar-refractivity contribution in [2.45, 2.75) is 32.7 Å². The Morgan fingerprint density at radius 3 is 2.58 bits per heavy atom. The van der Waals surface area contributed by atoms with E-state index in [4.69, 9.17) is 11.6 Å². The van der Waals surface area contributed by atoms with Crippen molar-refractivity contribution < 1.29 is 0 Å². The summed E-state index contributed by atoms with van der Waals surface area (Å²) >= 11 is 7.54. The highest BCUT2D eigenvalue weighted by atomic mass is 35.5. The fraction of sp³-hybridized carbons (Fsp3) is 0.429. The van der Waals surface area contributed by atoms with Gasteiger partial charge >= 0.3 is 0 Å². The Morgan fingerprint density at radius 1 is 1.21 bits per heavy atom. The van der Waals surface area contributed by atoms with Crippen LogP contribution in [0.25, 0.3) is 10.6 Å². The molecule has 1 N–H and O–H groups in total. The van der Waals surface area contributed by atoms with Crippen molar-refractivity contribution in [1.29, 1.82) is 0 Å². The van der Waals surface area contributed by atoms with Crippen LogP contribution in [0.2, 0.25) is 5.02 Å². The summed E-state index contributed by atoms with van der Waals surface area (Å²) in [5.74, 6) is 0. The first kappa shape index (κ1) is 14.4. The van der Waals surface area contributed by atoms with E-state index in [1.54, 1.807) is 11.3 Å². The highest BCUT2D eigenvalue weighted by Crippen LogP contribution is 2.28. The van der Waals surface area contributed by atoms with Crippen molar-refractivity contribution in [3.8, 4) is 10.6 Å². The zero-order chi connectivity index (χ0) is 13.7. The van der Waals surface area contributed by atoms with Gasteiger partial charge in [-0.15, -0.1) is 10.2 Å². The topological polar surface area (TPSA) is 37.8 Å². The van der Waals surface area contributed by atoms with Crippen molar-refractivity contribution in [2.24, 2.45) is 0 Å². The van der Waals surface area contributed by atoms with E-state index in [1.807, 2.05) is 24.3 Å². The van der Waals surface area contributed by atoms with E-state index in [0.717, 1.165) is 40.0 Å². The molecular weight excluding hydrogens is 278 g/mol. The number of aromatic nitrogens is 2. The van der Waals surface area contributed by atoms with Gasteiger partial charge in [-0.1, -0.05) is 48.9 Å². The van der Waals surface area contributed by atoms with E-state index >= 15 is 0 Å². The normalized spacial score (nSPS) is 12.6. The number of rotatable bonds is 6. The molecule has 19 heavy (non-hydrogen) atoms. The Kier molecular flexibility index (Phi) is 5.31. The number of nitrogens with one attached hydrogen (secondary N) is 1. The van der Waals surface area contributed by atoms with Gasteiger partial charge in [-0.25, -0.2) is 0 Å². The largest absolute Gasteiger partial charge is 0.308 e. The standard InChI is InChI=1S/C14H18ClN3S/c1-3-9-16-12(4-2)14-18-17-13(19-14)10-5-7-11(15)8-6-10/h5-8,12,16H,3-4,9H2,1-2H3. The minimum Gasteiger partial charge on any atom is -0.308 e. The first-order valence-electron chi connectivity index (χ1n) is 6.57. The van der Waals surface area contributed by atoms with Crippen LogP contribution >= 0.6 is 22.9 Å². The Balaban J connectivity index is 2.15. The molecule has 1 aromatic carbocycles. The van der Waals surface area contributed by atoms with Crippen LogP contribution in [0.1, 0.15) is 37.7 Å². The maximum Gasteiger partial charge on any atom is 0.147 e. The van der Waals surface area contributed by atoms with Crippen LogP contribution in [0, 0.1) is 0 Å². The van der Waals surface area contributed by atoms with Crippen molar-refractivity contribution in [3.05, 3.63) is 34.3 Å². The highest BCUT2D eigenvalue weighted by Gasteiger charge is 2.14. The summed E-state index contributed by atoms with van der Waals surface area (Å²) in [6.07, 6.45) is 2.15. The molecule has 0 radical (unpaired) electrons. The van der Waals surface area contributed by atoms with Gasteiger partial charge in [0.15, 0.2) is 0 Å². The van der Waals surface area contributed by atoms with Crippen molar-refractivity contribution in [1.82, 2.24) is 15.5 Å². The molecule has 102 valence electrons. The third kappa shape index (κ3) is 3.75. The molecule has 0 aliphatic rings. The average Bonchev–Trinajstić information content (AvgIpc) is 2.90. The van der Waals surface area contributed by atoms with Crippen LogP contribution in [0.5, 0.6) is 0 Å². The van der Waals surface area contributed by atoms with Crippen LogP contribution in [0.3, 0.4) is 0 Å². The first-order valence-corrected chi connectivity index (χ1v) is 7.76. The number of nitrogens with zero attached hydrogens (tertiary/aromatic N) is 2. The lowest BCUT2D eigenvalue weighted by Crippen LogP contribution is -2.21. The second-order valence-corrected chi connectivity index (χ2v) is 5.81. The smallest absolute Gasteiger partial charge is 0.147 e. The van der Waals surface area contributed by atoms with E-state index < -0.39 is 0 Å². The summed E-state index contributed by atoms with van der Waals surface area (Å²) in [6.45, 7) is 5.34. The number of hydrogen-bond acceptors (Lipinski definition) is 4. The second-order valence-electron chi connectivity index (χ2n) is 4.37. The molecule has 5 heteroatoms. The lowest BCUT2D eigenvalue weighted by molar-refractivity contribution is 0.513. The van der Waals surface area contributed by atoms with Crippen molar-refractivity contribution in [2.75, 3.05) is 6.54 Å². The molecule has 1 atom stereocenters. The maximum atomic E-state index is 5.89. The van der Waals surface area contributed by atoms with E-state index in [2.05, 4.69) is 29.4 Å². The third-order valence-electron chi connectivity index (χ3n) is 2.88. The lowest BCUT2D eigenvalue weighted by atomic mass is 10.2. The van der Waals surface area contributed by atoms with Gasteiger partial charge in [-0.2, -0.15) is 0 Å². The Hall–Kier alpha value is -0.970. The van der Waals surface area contributed by atoms with Gasteiger partial charge in [0, 0.05) is 10.6 Å². The molecule has 2 aromatic rings. The first-order chi connectivity index (χ1) is 9.24. The average molecular weight is 296 g/mol. The minimum atomic E-state index is 0.304. The monoisotopic (exact) mass is 295 g/mol. The molecular formula is C14H18ClN3S. The molecule has 0 saturated heterocycles. The van der Waals surface area contributed by atoms with Crippen LogP contribution in [0.4, 0.5) is 0 Å². The maximum absolute atomic E-state index is 5.89. The zero-order valence-corrected chi connectivity index (χ0v) is 12.8. The molecule has 0 aliphatic heterocycles. The molecule has 1 unspecified atom stereocenters. The third-order valence-corrected chi connectivity index (χ3v) is 4.22. The molecule has 2 rings (SSSR count). The van der Waals surface area contributed by atoms with Gasteiger partial charge in [0.25, 0.3) is 0 Å². The Morgan fingerprint density at radius 2 is 1.95 bits per heavy atom. The van der Waals surface area contributed by atoms with Gasteiger partial charge in [0.2, 0.25) is 0 Å². The van der Waals surface area contributed by atoms with Crippen LogP contribution in [-0.4, -0.2) is 16.7 Å². The van der Waals surface area contributed by atoms with Crippen molar-refractivity contribution >= 4 is 22.9 Å². The van der Waals surface area contributed by atoms with E-state index in [0.29, 0.717) is 6.04 Å². The quantitative estimate of drug-likeness (QED) is 0.863. The van der Waals surface area contributed by atoms with E-state index in [1.165, 1.54) is 0 Å².